The van der Waals surface area contributed by atoms with Crippen molar-refractivity contribution in [3.05, 3.63) is 0 Å². The summed E-state index contributed by atoms with van der Waals surface area (Å²) in [5, 5.41) is 3.40. The van der Waals surface area contributed by atoms with E-state index in [1.165, 1.54) is 32.4 Å². The van der Waals surface area contributed by atoms with Gasteiger partial charge in [-0.2, -0.15) is 0 Å². The van der Waals surface area contributed by atoms with Crippen molar-refractivity contribution in [3.8, 4) is 0 Å². The Morgan fingerprint density at radius 2 is 1.89 bits per heavy atom. The van der Waals surface area contributed by atoms with Crippen LogP contribution in [-0.2, 0) is 9.47 Å². The Kier molecular flexibility index (Phi) is 8.59. The Morgan fingerprint density at radius 1 is 1.17 bits per heavy atom. The van der Waals surface area contributed by atoms with Gasteiger partial charge in [-0.25, -0.2) is 0 Å². The third-order valence-electron chi connectivity index (χ3n) is 3.32. The maximum atomic E-state index is 5.91. The molecule has 0 aromatic rings. The van der Waals surface area contributed by atoms with E-state index in [0.29, 0.717) is 12.6 Å². The largest absolute Gasteiger partial charge is 0.382 e. The molecule has 4 nitrogen and oxygen atoms in total. The van der Waals surface area contributed by atoms with Crippen LogP contribution in [0.2, 0.25) is 0 Å². The van der Waals surface area contributed by atoms with Crippen molar-refractivity contribution in [1.82, 2.24) is 10.2 Å². The van der Waals surface area contributed by atoms with Gasteiger partial charge < -0.3 is 19.7 Å². The van der Waals surface area contributed by atoms with Crippen LogP contribution in [-0.4, -0.2) is 63.5 Å². The molecule has 0 aromatic carbocycles. The number of likely N-dealkylation sites (tertiary alicyclic amines) is 1. The minimum absolute atomic E-state index is 0.169. The first-order chi connectivity index (χ1) is 8.72. The summed E-state index contributed by atoms with van der Waals surface area (Å²) in [5.41, 5.74) is 0. The van der Waals surface area contributed by atoms with Crippen molar-refractivity contribution in [1.29, 1.82) is 0 Å². The molecular formula is C14H30N2O2. The Balaban J connectivity index is 2.11. The number of nitrogens with zero attached hydrogens (tertiary/aromatic N) is 1. The minimum Gasteiger partial charge on any atom is -0.382 e. The molecule has 1 atom stereocenters. The normalized spacial score (nSPS) is 19.3. The van der Waals surface area contributed by atoms with Gasteiger partial charge in [-0.3, -0.25) is 0 Å². The third kappa shape index (κ3) is 7.31. The highest BCUT2D eigenvalue weighted by molar-refractivity contribution is 4.66. The van der Waals surface area contributed by atoms with Gasteiger partial charge >= 0.3 is 0 Å². The summed E-state index contributed by atoms with van der Waals surface area (Å²) < 4.78 is 11.1. The smallest absolute Gasteiger partial charge is 0.0933 e. The highest BCUT2D eigenvalue weighted by Gasteiger charge is 2.12. The highest BCUT2D eigenvalue weighted by atomic mass is 16.5. The zero-order chi connectivity index (χ0) is 13.2. The van der Waals surface area contributed by atoms with Gasteiger partial charge in [0.15, 0.2) is 0 Å². The standard InChI is InChI=1S/C14H30N2O2/c1-13(2)15-11-14(12-17-3)18-10-9-16-7-5-4-6-8-16/h13-15H,4-12H2,1-3H3. The maximum absolute atomic E-state index is 5.91. The van der Waals surface area contributed by atoms with E-state index in [0.717, 1.165) is 19.7 Å². The van der Waals surface area contributed by atoms with Gasteiger partial charge in [-0.05, 0) is 25.9 Å². The van der Waals surface area contributed by atoms with E-state index in [1.54, 1.807) is 7.11 Å². The van der Waals surface area contributed by atoms with E-state index in [-0.39, 0.29) is 6.10 Å². The summed E-state index contributed by atoms with van der Waals surface area (Å²) in [6.45, 7) is 10.2. The summed E-state index contributed by atoms with van der Waals surface area (Å²) >= 11 is 0. The molecule has 0 aromatic heterocycles. The summed E-state index contributed by atoms with van der Waals surface area (Å²) in [6, 6.07) is 0.495. The molecule has 1 saturated heterocycles. The average molecular weight is 258 g/mol. The van der Waals surface area contributed by atoms with Crippen molar-refractivity contribution in [2.24, 2.45) is 0 Å². The summed E-state index contributed by atoms with van der Waals surface area (Å²) in [4.78, 5) is 2.50. The number of rotatable bonds is 9. The van der Waals surface area contributed by atoms with Crippen LogP contribution in [0.3, 0.4) is 0 Å². The molecule has 1 heterocycles. The minimum atomic E-state index is 0.169. The Bertz CT molecular complexity index is 194. The molecule has 0 amide bonds. The number of methoxy groups -OCH3 is 1. The fraction of sp³-hybridized carbons (Fsp3) is 1.00. The zero-order valence-corrected chi connectivity index (χ0v) is 12.3. The second-order valence-electron chi connectivity index (χ2n) is 5.41. The van der Waals surface area contributed by atoms with Crippen LogP contribution in [0.5, 0.6) is 0 Å². The average Bonchev–Trinajstić information content (AvgIpc) is 2.37. The van der Waals surface area contributed by atoms with Gasteiger partial charge in [0, 0.05) is 26.2 Å². The monoisotopic (exact) mass is 258 g/mol. The van der Waals surface area contributed by atoms with Crippen molar-refractivity contribution < 1.29 is 9.47 Å². The van der Waals surface area contributed by atoms with E-state index in [4.69, 9.17) is 9.47 Å². The molecule has 1 unspecified atom stereocenters. The Hall–Kier alpha value is -0.160. The molecule has 18 heavy (non-hydrogen) atoms. The fourth-order valence-electron chi connectivity index (χ4n) is 2.25. The van der Waals surface area contributed by atoms with Gasteiger partial charge in [0.05, 0.1) is 19.3 Å². The van der Waals surface area contributed by atoms with E-state index in [9.17, 15) is 0 Å². The van der Waals surface area contributed by atoms with Gasteiger partial charge in [0.2, 0.25) is 0 Å². The lowest BCUT2D eigenvalue weighted by atomic mass is 10.1. The molecule has 0 saturated carbocycles. The molecule has 0 radical (unpaired) electrons. The molecule has 0 aliphatic carbocycles. The number of piperidine rings is 1. The second-order valence-corrected chi connectivity index (χ2v) is 5.41. The molecule has 1 fully saturated rings. The van der Waals surface area contributed by atoms with Gasteiger partial charge in [-0.15, -0.1) is 0 Å². The number of hydrogen-bond acceptors (Lipinski definition) is 4. The summed E-state index contributed by atoms with van der Waals surface area (Å²) in [5.74, 6) is 0. The van der Waals surface area contributed by atoms with Crippen LogP contribution in [0.4, 0.5) is 0 Å². The topological polar surface area (TPSA) is 33.7 Å². The lowest BCUT2D eigenvalue weighted by molar-refractivity contribution is -0.0110. The molecule has 0 bridgehead atoms. The molecule has 0 spiro atoms. The van der Waals surface area contributed by atoms with Gasteiger partial charge in [-0.1, -0.05) is 20.3 Å². The third-order valence-corrected chi connectivity index (χ3v) is 3.32. The van der Waals surface area contributed by atoms with E-state index in [2.05, 4.69) is 24.1 Å². The molecular weight excluding hydrogens is 228 g/mol. The molecule has 1 N–H and O–H groups in total. The van der Waals surface area contributed by atoms with E-state index < -0.39 is 0 Å². The zero-order valence-electron chi connectivity index (χ0n) is 12.3. The molecule has 4 heteroatoms. The highest BCUT2D eigenvalue weighted by Crippen LogP contribution is 2.08. The Labute approximate surface area is 112 Å². The first-order valence-corrected chi connectivity index (χ1v) is 7.28. The van der Waals surface area contributed by atoms with E-state index in [1.807, 2.05) is 0 Å². The summed E-state index contributed by atoms with van der Waals surface area (Å²) in [7, 11) is 1.73. The molecule has 1 aliphatic rings. The first-order valence-electron chi connectivity index (χ1n) is 7.28. The van der Waals surface area contributed by atoms with Crippen LogP contribution in [0.25, 0.3) is 0 Å². The first kappa shape index (κ1) is 15.9. The summed E-state index contributed by atoms with van der Waals surface area (Å²) in [6.07, 6.45) is 4.25. The lowest BCUT2D eigenvalue weighted by Gasteiger charge is -2.27. The molecule has 108 valence electrons. The second kappa shape index (κ2) is 9.73. The van der Waals surface area contributed by atoms with Crippen LogP contribution < -0.4 is 5.32 Å². The van der Waals surface area contributed by atoms with Gasteiger partial charge in [0.25, 0.3) is 0 Å². The maximum Gasteiger partial charge on any atom is 0.0933 e. The van der Waals surface area contributed by atoms with Gasteiger partial charge in [0.1, 0.15) is 0 Å². The van der Waals surface area contributed by atoms with E-state index >= 15 is 0 Å². The van der Waals surface area contributed by atoms with Crippen molar-refractivity contribution >= 4 is 0 Å². The van der Waals surface area contributed by atoms with Crippen LogP contribution in [0, 0.1) is 0 Å². The number of ether oxygens (including phenoxy) is 2. The lowest BCUT2D eigenvalue weighted by Crippen LogP contribution is -2.38. The Morgan fingerprint density at radius 3 is 2.50 bits per heavy atom. The number of nitrogens with one attached hydrogen (secondary N) is 1. The van der Waals surface area contributed by atoms with Crippen molar-refractivity contribution in [3.63, 3.8) is 0 Å². The number of hydrogen-bond donors (Lipinski definition) is 1. The molecule has 1 rings (SSSR count). The van der Waals surface area contributed by atoms with Crippen molar-refractivity contribution in [2.75, 3.05) is 46.5 Å². The predicted octanol–water partition coefficient (Wildman–Crippen LogP) is 1.50. The van der Waals surface area contributed by atoms with Crippen LogP contribution in [0.15, 0.2) is 0 Å². The quantitative estimate of drug-likeness (QED) is 0.679. The van der Waals surface area contributed by atoms with Crippen molar-refractivity contribution in [2.45, 2.75) is 45.3 Å². The predicted molar refractivity (Wildman–Crippen MR) is 75.0 cm³/mol. The van der Waals surface area contributed by atoms with Crippen LogP contribution >= 0.6 is 0 Å². The fourth-order valence-corrected chi connectivity index (χ4v) is 2.25. The van der Waals surface area contributed by atoms with Crippen LogP contribution in [0.1, 0.15) is 33.1 Å². The SMILES string of the molecule is COCC(CNC(C)C)OCCN1CCCCC1. The molecule has 1 aliphatic heterocycles.